The number of hydrogen-bond acceptors (Lipinski definition) is 2. The molecule has 6 heteroatoms. The van der Waals surface area contributed by atoms with Gasteiger partial charge in [0.05, 0.1) is 5.69 Å². The number of nitrogens with one attached hydrogen (secondary N) is 1. The van der Waals surface area contributed by atoms with Crippen LogP contribution in [0.1, 0.15) is 13.8 Å². The van der Waals surface area contributed by atoms with E-state index >= 15 is 0 Å². The Kier molecular flexibility index (Phi) is 3.02. The monoisotopic (exact) mass is 270 g/mol. The van der Waals surface area contributed by atoms with Gasteiger partial charge >= 0.3 is 0 Å². The molecular weight excluding hydrogens is 259 g/mol. The smallest absolute Gasteiger partial charge is 0.252 e. The lowest BCUT2D eigenvalue weighted by molar-refractivity contribution is -0.134. The maximum Gasteiger partial charge on any atom is 0.252 e. The second-order valence-electron chi connectivity index (χ2n) is 4.66. The zero-order valence-corrected chi connectivity index (χ0v) is 10.7. The second kappa shape index (κ2) is 4.24. The van der Waals surface area contributed by atoms with Crippen LogP contribution < -0.4 is 10.2 Å². The van der Waals surface area contributed by atoms with Gasteiger partial charge in [0, 0.05) is 5.02 Å². The molecule has 0 bridgehead atoms. The van der Waals surface area contributed by atoms with E-state index in [1.165, 1.54) is 18.2 Å². The summed E-state index contributed by atoms with van der Waals surface area (Å²) in [5.74, 6) is -1.29. The number of anilines is 1. The molecule has 2 rings (SSSR count). The van der Waals surface area contributed by atoms with Crippen LogP contribution in [0.2, 0.25) is 5.02 Å². The predicted octanol–water partition coefficient (Wildman–Crippen LogP) is 1.72. The summed E-state index contributed by atoms with van der Waals surface area (Å²) in [5, 5.41) is 2.86. The highest BCUT2D eigenvalue weighted by Gasteiger charge is 2.40. The Morgan fingerprint density at radius 3 is 2.72 bits per heavy atom. The van der Waals surface area contributed by atoms with E-state index < -0.39 is 11.4 Å². The fourth-order valence-corrected chi connectivity index (χ4v) is 2.05. The largest absolute Gasteiger partial charge is 0.341 e. The maximum absolute atomic E-state index is 13.7. The molecule has 0 atom stereocenters. The summed E-state index contributed by atoms with van der Waals surface area (Å²) in [6.45, 7) is 2.93. The van der Waals surface area contributed by atoms with Gasteiger partial charge in [0.25, 0.3) is 5.91 Å². The van der Waals surface area contributed by atoms with E-state index in [-0.39, 0.29) is 24.0 Å². The fraction of sp³-hybridized carbons (Fsp3) is 0.333. The molecule has 96 valence electrons. The molecule has 0 spiro atoms. The summed E-state index contributed by atoms with van der Waals surface area (Å²) in [5.41, 5.74) is -1.03. The third-order valence-corrected chi connectivity index (χ3v) is 2.97. The highest BCUT2D eigenvalue weighted by molar-refractivity contribution is 6.31. The summed E-state index contributed by atoms with van der Waals surface area (Å²) >= 11 is 5.79. The maximum atomic E-state index is 13.7. The zero-order chi connectivity index (χ0) is 13.5. The Labute approximate surface area is 109 Å². The first-order valence-electron chi connectivity index (χ1n) is 5.39. The molecule has 1 aliphatic heterocycles. The molecule has 4 nitrogen and oxygen atoms in total. The van der Waals surface area contributed by atoms with Gasteiger partial charge < -0.3 is 5.32 Å². The van der Waals surface area contributed by atoms with Crippen molar-refractivity contribution in [2.45, 2.75) is 19.4 Å². The van der Waals surface area contributed by atoms with Crippen molar-refractivity contribution in [3.8, 4) is 0 Å². The van der Waals surface area contributed by atoms with Crippen LogP contribution >= 0.6 is 11.6 Å². The topological polar surface area (TPSA) is 49.4 Å². The van der Waals surface area contributed by atoms with Crippen molar-refractivity contribution in [1.29, 1.82) is 0 Å². The summed E-state index contributed by atoms with van der Waals surface area (Å²) in [4.78, 5) is 24.8. The minimum Gasteiger partial charge on any atom is -0.341 e. The third kappa shape index (κ3) is 2.18. The fourth-order valence-electron chi connectivity index (χ4n) is 1.88. The number of halogens is 2. The van der Waals surface area contributed by atoms with Crippen molar-refractivity contribution in [3.63, 3.8) is 0 Å². The van der Waals surface area contributed by atoms with Crippen LogP contribution in [0.5, 0.6) is 0 Å². The number of carbonyl (C=O) groups is 2. The zero-order valence-electron chi connectivity index (χ0n) is 9.96. The molecule has 2 amide bonds. The Balaban J connectivity index is 2.46. The van der Waals surface area contributed by atoms with Crippen LogP contribution in [-0.2, 0) is 9.59 Å². The van der Waals surface area contributed by atoms with Gasteiger partial charge in [-0.2, -0.15) is 0 Å². The standard InChI is InChI=1S/C12H12ClFN2O2/c1-12(2)11(18)16(6-10(17)15-12)9-5-7(13)3-4-8(9)14/h3-5H,6H2,1-2H3,(H,15,17). The lowest BCUT2D eigenvalue weighted by Crippen LogP contribution is -2.64. The van der Waals surface area contributed by atoms with Crippen LogP contribution in [0.25, 0.3) is 0 Å². The van der Waals surface area contributed by atoms with Crippen LogP contribution in [0.15, 0.2) is 18.2 Å². The number of carbonyl (C=O) groups excluding carboxylic acids is 2. The van der Waals surface area contributed by atoms with Crippen molar-refractivity contribution >= 4 is 29.1 Å². The molecule has 0 unspecified atom stereocenters. The van der Waals surface area contributed by atoms with Crippen LogP contribution in [0.3, 0.4) is 0 Å². The number of amides is 2. The molecule has 1 aromatic carbocycles. The first-order chi connectivity index (χ1) is 8.31. The number of benzene rings is 1. The van der Waals surface area contributed by atoms with E-state index in [1.54, 1.807) is 13.8 Å². The van der Waals surface area contributed by atoms with Crippen molar-refractivity contribution < 1.29 is 14.0 Å². The van der Waals surface area contributed by atoms with Gasteiger partial charge in [0.2, 0.25) is 5.91 Å². The minimum absolute atomic E-state index is 0.0235. The summed E-state index contributed by atoms with van der Waals surface area (Å²) in [6.07, 6.45) is 0. The number of rotatable bonds is 1. The van der Waals surface area contributed by atoms with E-state index in [2.05, 4.69) is 5.32 Å². The van der Waals surface area contributed by atoms with E-state index in [1.807, 2.05) is 0 Å². The molecule has 18 heavy (non-hydrogen) atoms. The lowest BCUT2D eigenvalue weighted by atomic mass is 10.00. The first kappa shape index (κ1) is 12.8. The van der Waals surface area contributed by atoms with E-state index in [4.69, 9.17) is 11.6 Å². The highest BCUT2D eigenvalue weighted by Crippen LogP contribution is 2.27. The van der Waals surface area contributed by atoms with Gasteiger partial charge in [0.1, 0.15) is 17.9 Å². The molecule has 1 aromatic rings. The van der Waals surface area contributed by atoms with Gasteiger partial charge in [-0.25, -0.2) is 4.39 Å². The van der Waals surface area contributed by atoms with Crippen LogP contribution in [0, 0.1) is 5.82 Å². The predicted molar refractivity (Wildman–Crippen MR) is 66.0 cm³/mol. The van der Waals surface area contributed by atoms with Crippen molar-refractivity contribution in [1.82, 2.24) is 5.32 Å². The van der Waals surface area contributed by atoms with Crippen molar-refractivity contribution in [3.05, 3.63) is 29.0 Å². The van der Waals surface area contributed by atoms with Crippen molar-refractivity contribution in [2.75, 3.05) is 11.4 Å². The molecule has 1 N–H and O–H groups in total. The quantitative estimate of drug-likeness (QED) is 0.845. The minimum atomic E-state index is -1.05. The Morgan fingerprint density at radius 2 is 2.06 bits per heavy atom. The molecule has 1 aliphatic rings. The average Bonchev–Trinajstić information content (AvgIpc) is 2.26. The highest BCUT2D eigenvalue weighted by atomic mass is 35.5. The Morgan fingerprint density at radius 1 is 1.39 bits per heavy atom. The summed E-state index contributed by atoms with van der Waals surface area (Å²) in [6, 6.07) is 3.90. The molecular formula is C12H12ClFN2O2. The molecule has 0 aromatic heterocycles. The summed E-state index contributed by atoms with van der Waals surface area (Å²) < 4.78 is 13.7. The van der Waals surface area contributed by atoms with Gasteiger partial charge in [0.15, 0.2) is 0 Å². The second-order valence-corrected chi connectivity index (χ2v) is 5.10. The lowest BCUT2D eigenvalue weighted by Gasteiger charge is -2.37. The van der Waals surface area contributed by atoms with Crippen molar-refractivity contribution in [2.24, 2.45) is 0 Å². The van der Waals surface area contributed by atoms with E-state index in [9.17, 15) is 14.0 Å². The number of nitrogens with zero attached hydrogens (tertiary/aromatic N) is 1. The SMILES string of the molecule is CC1(C)NC(=O)CN(c2cc(Cl)ccc2F)C1=O. The Hall–Kier alpha value is -1.62. The normalized spacial score (nSPS) is 18.8. The van der Waals surface area contributed by atoms with Gasteiger partial charge in [-0.1, -0.05) is 11.6 Å². The molecule has 0 aliphatic carbocycles. The molecule has 1 heterocycles. The van der Waals surface area contributed by atoms with Gasteiger partial charge in [-0.15, -0.1) is 0 Å². The molecule has 0 saturated carbocycles. The molecule has 0 radical (unpaired) electrons. The first-order valence-corrected chi connectivity index (χ1v) is 5.77. The van der Waals surface area contributed by atoms with Gasteiger partial charge in [-0.05, 0) is 32.0 Å². The van der Waals surface area contributed by atoms with E-state index in [0.29, 0.717) is 5.02 Å². The van der Waals surface area contributed by atoms with Gasteiger partial charge in [-0.3, -0.25) is 14.5 Å². The Bertz CT molecular complexity index is 531. The number of hydrogen-bond donors (Lipinski definition) is 1. The van der Waals surface area contributed by atoms with Crippen LogP contribution in [0.4, 0.5) is 10.1 Å². The molecule has 1 saturated heterocycles. The average molecular weight is 271 g/mol. The summed E-state index contributed by atoms with van der Waals surface area (Å²) in [7, 11) is 0. The number of piperazine rings is 1. The van der Waals surface area contributed by atoms with Crippen LogP contribution in [-0.4, -0.2) is 23.9 Å². The van der Waals surface area contributed by atoms with E-state index in [0.717, 1.165) is 4.90 Å². The molecule has 1 fully saturated rings. The third-order valence-electron chi connectivity index (χ3n) is 2.73.